The molecule has 0 aliphatic rings. The Morgan fingerprint density at radius 2 is 0.456 bits per heavy atom. The zero-order valence-electron chi connectivity index (χ0n) is 78.6. The van der Waals surface area contributed by atoms with Crippen LogP contribution < -0.4 is 0 Å². The fraction of sp³-hybridized carbons (Fsp3) is 0. The minimum atomic E-state index is 0.839. The molecule has 22 aromatic carbocycles. The molecule has 0 aliphatic heterocycles. The first-order valence-electron chi connectivity index (χ1n) is 49.7. The van der Waals surface area contributed by atoms with Crippen LogP contribution in [-0.4, -0.2) is 61.4 Å². The smallest absolute Gasteiger partial charge is 0.221 e. The van der Waals surface area contributed by atoms with E-state index in [0.717, 1.165) is 194 Å². The van der Waals surface area contributed by atoms with Crippen LogP contribution in [0.2, 0.25) is 0 Å². The van der Waals surface area contributed by atoms with E-state index in [9.17, 15) is 0 Å². The third-order valence-electron chi connectivity index (χ3n) is 30.4. The number of para-hydroxylation sites is 9. The van der Waals surface area contributed by atoms with Crippen molar-refractivity contribution in [3.63, 3.8) is 0 Å². The molecule has 0 amide bonds. The van der Waals surface area contributed by atoms with Gasteiger partial charge in [-0.15, -0.1) is 11.3 Å². The van der Waals surface area contributed by atoms with Crippen molar-refractivity contribution in [2.24, 2.45) is 0 Å². The molecular weight excluding hydrogens is 1820 g/mol. The number of imidazole rings is 6. The molecule has 0 atom stereocenters. The second kappa shape index (κ2) is 31.4. The normalized spacial score (nSPS) is 12.2. The highest BCUT2D eigenvalue weighted by Gasteiger charge is 2.27. The molecule has 34 rings (SSSR count). The summed E-state index contributed by atoms with van der Waals surface area (Å²) in [4.78, 5) is 31.8. The maximum Gasteiger partial charge on any atom is 0.221 e. The molecule has 147 heavy (non-hydrogen) atoms. The number of benzene rings is 22. The zero-order chi connectivity index (χ0) is 95.9. The number of hydrogen-bond donors (Lipinski definition) is 0. The monoisotopic (exact) mass is 1890 g/mol. The Morgan fingerprint density at radius 3 is 0.891 bits per heavy atom. The van der Waals surface area contributed by atoms with Gasteiger partial charge in [-0.25, -0.2) is 29.9 Å². The number of hydrogen-bond acceptors (Lipinski definition) is 8. The lowest BCUT2D eigenvalue weighted by atomic mass is 9.97. The van der Waals surface area contributed by atoms with Crippen LogP contribution >= 0.6 is 11.3 Å². The summed E-state index contributed by atoms with van der Waals surface area (Å²) in [5.41, 5.74) is 27.8. The van der Waals surface area contributed by atoms with Crippen molar-refractivity contribution in [3.05, 3.63) is 467 Å². The molecule has 14 nitrogen and oxygen atoms in total. The third-order valence-corrected chi connectivity index (χ3v) is 31.6. The molecule has 12 aromatic heterocycles. The van der Waals surface area contributed by atoms with E-state index in [2.05, 4.69) is 480 Å². The van der Waals surface area contributed by atoms with Crippen LogP contribution in [0.5, 0.6) is 0 Å². The Bertz CT molecular complexity index is 11200. The largest absolute Gasteiger partial charge is 0.456 e. The highest BCUT2D eigenvalue weighted by Crippen LogP contribution is 2.47. The molecule has 0 aliphatic carbocycles. The first-order valence-corrected chi connectivity index (χ1v) is 50.5. The third kappa shape index (κ3) is 12.1. The van der Waals surface area contributed by atoms with Gasteiger partial charge >= 0.3 is 0 Å². The fourth-order valence-corrected chi connectivity index (χ4v) is 24.9. The molecule has 0 spiro atoms. The number of fused-ring (bicyclic) bond motifs is 42. The summed E-state index contributed by atoms with van der Waals surface area (Å²) in [5.74, 6) is 5.08. The number of furan rings is 1. The van der Waals surface area contributed by atoms with Crippen LogP contribution in [0.3, 0.4) is 0 Å². The number of rotatable bonds is 7. The quantitative estimate of drug-likeness (QED) is 0.146. The van der Waals surface area contributed by atoms with E-state index in [1.807, 2.05) is 29.5 Å². The molecule has 34 aromatic rings. The molecule has 0 saturated heterocycles. The van der Waals surface area contributed by atoms with Crippen molar-refractivity contribution in [1.29, 1.82) is 0 Å². The Balaban J connectivity index is 0.0000000982. The van der Waals surface area contributed by atoms with Gasteiger partial charge in [0.1, 0.15) is 28.6 Å². The van der Waals surface area contributed by atoms with E-state index in [4.69, 9.17) is 34.3 Å². The molecule has 12 heterocycles. The van der Waals surface area contributed by atoms with E-state index < -0.39 is 0 Å². The number of nitrogens with zero attached hydrogens (tertiary/aromatic N) is 13. The van der Waals surface area contributed by atoms with Crippen LogP contribution in [-0.2, 0) is 0 Å². The topological polar surface area (TPSA) is 123 Å². The van der Waals surface area contributed by atoms with E-state index in [1.54, 1.807) is 0 Å². The van der Waals surface area contributed by atoms with Crippen molar-refractivity contribution >= 4 is 256 Å². The number of aromatic nitrogens is 13. The maximum atomic E-state index is 6.12. The van der Waals surface area contributed by atoms with Gasteiger partial charge in [0.05, 0.1) is 93.8 Å². The molecule has 0 saturated carbocycles. The molecule has 0 fully saturated rings. The van der Waals surface area contributed by atoms with Crippen molar-refractivity contribution in [2.45, 2.75) is 0 Å². The molecule has 0 radical (unpaired) electrons. The maximum absolute atomic E-state index is 6.12. The molecule has 0 N–H and O–H groups in total. The fourth-order valence-electron chi connectivity index (χ4n) is 23.9. The van der Waals surface area contributed by atoms with Crippen LogP contribution in [0.1, 0.15) is 0 Å². The summed E-state index contributed by atoms with van der Waals surface area (Å²) in [6.45, 7) is 0. The van der Waals surface area contributed by atoms with Gasteiger partial charge in [0.15, 0.2) is 0 Å². The van der Waals surface area contributed by atoms with Gasteiger partial charge in [-0.2, -0.15) is 0 Å². The summed E-state index contributed by atoms with van der Waals surface area (Å²) in [6.07, 6.45) is 0. The lowest BCUT2D eigenvalue weighted by Crippen LogP contribution is -1.99. The van der Waals surface area contributed by atoms with Gasteiger partial charge in [0.25, 0.3) is 0 Å². The average Bonchev–Trinajstić information content (AvgIpc) is 1.56. The van der Waals surface area contributed by atoms with Gasteiger partial charge in [0.2, 0.25) is 17.3 Å². The van der Waals surface area contributed by atoms with E-state index in [-0.39, 0.29) is 0 Å². The molecule has 15 heteroatoms. The summed E-state index contributed by atoms with van der Waals surface area (Å²) >= 11 is 1.85. The van der Waals surface area contributed by atoms with Crippen LogP contribution in [0.15, 0.2) is 472 Å². The first-order chi connectivity index (χ1) is 72.9. The minimum Gasteiger partial charge on any atom is -0.456 e. The Kier molecular flexibility index (Phi) is 17.3. The van der Waals surface area contributed by atoms with Crippen LogP contribution in [0, 0.1) is 0 Å². The van der Waals surface area contributed by atoms with Gasteiger partial charge in [-0.1, -0.05) is 291 Å². The Morgan fingerprint density at radius 1 is 0.163 bits per heavy atom. The summed E-state index contributed by atoms with van der Waals surface area (Å²) in [7, 11) is 0. The lowest BCUT2D eigenvalue weighted by Gasteiger charge is -2.12. The van der Waals surface area contributed by atoms with Gasteiger partial charge in [0, 0.05) is 79.7 Å². The zero-order valence-corrected chi connectivity index (χ0v) is 79.4. The number of pyridine rings is 3. The second-order valence-electron chi connectivity index (χ2n) is 38.3. The van der Waals surface area contributed by atoms with Crippen molar-refractivity contribution in [2.75, 3.05) is 0 Å². The Hall–Kier alpha value is -19.7. The summed E-state index contributed by atoms with van der Waals surface area (Å²) < 4.78 is 24.6. The summed E-state index contributed by atoms with van der Waals surface area (Å²) in [5, 5.41) is 25.3. The van der Waals surface area contributed by atoms with Crippen LogP contribution in [0.4, 0.5) is 0 Å². The second-order valence-corrected chi connectivity index (χ2v) is 39.4. The first kappa shape index (κ1) is 81.0. The van der Waals surface area contributed by atoms with E-state index >= 15 is 0 Å². The molecular formula is C132H77N13OS. The standard InChI is InChI=1S/C48H29N5.C42H24N4O.C42H24N4S/c1-2-12-32(13-3-1)51-41-20-10-8-17-36(41)39-28-30(22-25-42(39)51)31-23-26-44-45(29-31)52-43-21-11-9-19-40(43)49-48(52)53(44)46-27-24-38-35-16-5-4-14-33(35)34-15-6-7-18-37(34)47(38)50-46;2*1-2-11-29-27(9-1)28-10-3-4-13-31(28)41-32(29)19-22-40(44-41)46-36-20-17-26(24-37(36)45-35-15-7-6-14-34(35)43-42(45)46)25-18-21-39-33(23-25)30-12-5-8-16-38(30)47-39/h1-29H;2*1-24H. The highest BCUT2D eigenvalue weighted by molar-refractivity contribution is 7.25. The minimum absolute atomic E-state index is 0.839. The predicted octanol–water partition coefficient (Wildman–Crippen LogP) is 34.2. The van der Waals surface area contributed by atoms with Gasteiger partial charge in [-0.3, -0.25) is 26.9 Å². The predicted molar refractivity (Wildman–Crippen MR) is 610 cm³/mol. The Labute approximate surface area is 839 Å². The molecule has 682 valence electrons. The van der Waals surface area contributed by atoms with Crippen molar-refractivity contribution < 1.29 is 4.42 Å². The lowest BCUT2D eigenvalue weighted by molar-refractivity contribution is 0.669. The van der Waals surface area contributed by atoms with Crippen LogP contribution in [0.25, 0.3) is 301 Å². The molecule has 0 bridgehead atoms. The van der Waals surface area contributed by atoms with E-state index in [1.165, 1.54) is 107 Å². The molecule has 0 unspecified atom stereocenters. The van der Waals surface area contributed by atoms with Gasteiger partial charge < -0.3 is 8.98 Å². The SMILES string of the molecule is c1ccc(-n2c3ccccc3c3cc(-c4ccc5c(c4)n4c6ccccc6nc4n5-c4ccc5c6ccccc6c6ccccc6c5n4)ccc32)cc1.c1ccc2c(c1)nc1n(-c3ccc4c5ccccc5c5ccccc5c4n3)c3ccc(-c4ccc5oc6ccccc6c5c4)cc3n21.c1ccc2c(c1)nc1n(-c3ccc4c5ccccc5c5ccccc5c4n3)c3ccc(-c4ccc5sc6ccccc6c5c4)cc3n21. The summed E-state index contributed by atoms with van der Waals surface area (Å²) in [6, 6.07) is 167. The number of thiophene rings is 1. The average molecular weight is 1890 g/mol. The van der Waals surface area contributed by atoms with Crippen molar-refractivity contribution in [1.82, 2.24) is 61.4 Å². The van der Waals surface area contributed by atoms with E-state index in [0.29, 0.717) is 0 Å². The van der Waals surface area contributed by atoms with Gasteiger partial charge in [-0.05, 0) is 258 Å². The van der Waals surface area contributed by atoms with Crippen molar-refractivity contribution in [3.8, 4) is 56.5 Å². The highest BCUT2D eigenvalue weighted by atomic mass is 32.1.